The first-order valence-electron chi connectivity index (χ1n) is 8.29. The van der Waals surface area contributed by atoms with Crippen molar-refractivity contribution in [3.63, 3.8) is 0 Å². The molecule has 0 saturated carbocycles. The molecule has 1 amide bonds. The van der Waals surface area contributed by atoms with Gasteiger partial charge in [0.05, 0.1) is 6.61 Å². The molecule has 4 nitrogen and oxygen atoms in total. The summed E-state index contributed by atoms with van der Waals surface area (Å²) in [5, 5.41) is 0. The number of benzene rings is 2. The van der Waals surface area contributed by atoms with E-state index in [0.29, 0.717) is 18.9 Å². The van der Waals surface area contributed by atoms with E-state index >= 15 is 0 Å². The number of carbonyl (C=O) groups excluding carboxylic acids is 1. The van der Waals surface area contributed by atoms with Crippen molar-refractivity contribution in [3.05, 3.63) is 60.2 Å². The van der Waals surface area contributed by atoms with Gasteiger partial charge in [-0.15, -0.1) is 0 Å². The van der Waals surface area contributed by atoms with E-state index in [1.165, 1.54) is 0 Å². The molecule has 0 aromatic heterocycles. The number of hydrogen-bond donors (Lipinski definition) is 0. The second kappa shape index (κ2) is 8.96. The zero-order chi connectivity index (χ0) is 17.4. The molecule has 128 valence electrons. The molecule has 0 saturated heterocycles. The summed E-state index contributed by atoms with van der Waals surface area (Å²) in [4.78, 5) is 14.3. The maximum atomic E-state index is 12.5. The normalized spacial score (nSPS) is 10.5. The van der Waals surface area contributed by atoms with E-state index in [2.05, 4.69) is 0 Å². The van der Waals surface area contributed by atoms with Crippen molar-refractivity contribution in [1.29, 1.82) is 0 Å². The van der Waals surface area contributed by atoms with Gasteiger partial charge in [0, 0.05) is 12.6 Å². The molecule has 0 atom stereocenters. The SMILES string of the molecule is CCOc1ccc(OCC(=O)N(Cc2ccccc2)C(C)C)cc1. The summed E-state index contributed by atoms with van der Waals surface area (Å²) in [6, 6.07) is 17.4. The standard InChI is InChI=1S/C20H25NO3/c1-4-23-18-10-12-19(13-11-18)24-15-20(22)21(16(2)3)14-17-8-6-5-7-9-17/h5-13,16H,4,14-15H2,1-3H3. The summed E-state index contributed by atoms with van der Waals surface area (Å²) >= 11 is 0. The average Bonchev–Trinajstić information content (AvgIpc) is 2.60. The van der Waals surface area contributed by atoms with Gasteiger partial charge in [-0.25, -0.2) is 0 Å². The Labute approximate surface area is 144 Å². The van der Waals surface area contributed by atoms with E-state index in [9.17, 15) is 4.79 Å². The van der Waals surface area contributed by atoms with E-state index < -0.39 is 0 Å². The zero-order valence-corrected chi connectivity index (χ0v) is 14.6. The summed E-state index contributed by atoms with van der Waals surface area (Å²) in [6.45, 7) is 7.20. The fourth-order valence-electron chi connectivity index (χ4n) is 2.37. The molecule has 0 aliphatic carbocycles. The predicted octanol–water partition coefficient (Wildman–Crippen LogP) is 3.90. The predicted molar refractivity (Wildman–Crippen MR) is 95.2 cm³/mol. The van der Waals surface area contributed by atoms with Crippen LogP contribution >= 0.6 is 0 Å². The minimum absolute atomic E-state index is 0.0252. The van der Waals surface area contributed by atoms with Gasteiger partial charge < -0.3 is 14.4 Å². The third-order valence-corrected chi connectivity index (χ3v) is 3.64. The molecular weight excluding hydrogens is 302 g/mol. The summed E-state index contributed by atoms with van der Waals surface area (Å²) < 4.78 is 11.0. The molecule has 24 heavy (non-hydrogen) atoms. The van der Waals surface area contributed by atoms with Crippen LogP contribution in [0.3, 0.4) is 0 Å². The van der Waals surface area contributed by atoms with Crippen molar-refractivity contribution in [2.45, 2.75) is 33.4 Å². The number of ether oxygens (including phenoxy) is 2. The summed E-state index contributed by atoms with van der Waals surface area (Å²) in [5.74, 6) is 1.43. The van der Waals surface area contributed by atoms with Crippen molar-refractivity contribution < 1.29 is 14.3 Å². The lowest BCUT2D eigenvalue weighted by Gasteiger charge is -2.27. The molecule has 0 aliphatic heterocycles. The van der Waals surface area contributed by atoms with Crippen molar-refractivity contribution in [1.82, 2.24) is 4.90 Å². The van der Waals surface area contributed by atoms with Crippen LogP contribution in [0.5, 0.6) is 11.5 Å². The first kappa shape index (κ1) is 17.9. The van der Waals surface area contributed by atoms with Gasteiger partial charge >= 0.3 is 0 Å². The van der Waals surface area contributed by atoms with Crippen LogP contribution < -0.4 is 9.47 Å². The molecule has 0 aliphatic rings. The molecule has 4 heteroatoms. The summed E-state index contributed by atoms with van der Waals surface area (Å²) in [7, 11) is 0. The molecule has 0 N–H and O–H groups in total. The Morgan fingerprint density at radius 1 is 0.958 bits per heavy atom. The van der Waals surface area contributed by atoms with Crippen LogP contribution in [0.25, 0.3) is 0 Å². The van der Waals surface area contributed by atoms with Crippen LogP contribution in [0.1, 0.15) is 26.3 Å². The minimum atomic E-state index is -0.0252. The van der Waals surface area contributed by atoms with Crippen molar-refractivity contribution >= 4 is 5.91 Å². The van der Waals surface area contributed by atoms with Crippen molar-refractivity contribution in [3.8, 4) is 11.5 Å². The van der Waals surface area contributed by atoms with Crippen LogP contribution in [0.15, 0.2) is 54.6 Å². The molecular formula is C20H25NO3. The van der Waals surface area contributed by atoms with Crippen LogP contribution in [-0.2, 0) is 11.3 Å². The number of hydrogen-bond acceptors (Lipinski definition) is 3. The van der Waals surface area contributed by atoms with Gasteiger partial charge in [-0.2, -0.15) is 0 Å². The number of carbonyl (C=O) groups is 1. The highest BCUT2D eigenvalue weighted by molar-refractivity contribution is 5.78. The van der Waals surface area contributed by atoms with Crippen molar-refractivity contribution in [2.24, 2.45) is 0 Å². The van der Waals surface area contributed by atoms with Crippen LogP contribution in [0.4, 0.5) is 0 Å². The second-order valence-electron chi connectivity index (χ2n) is 5.79. The van der Waals surface area contributed by atoms with Gasteiger partial charge in [0.25, 0.3) is 5.91 Å². The van der Waals surface area contributed by atoms with E-state index in [4.69, 9.17) is 9.47 Å². The molecule has 0 heterocycles. The van der Waals surface area contributed by atoms with Gasteiger partial charge in [-0.3, -0.25) is 4.79 Å². The molecule has 0 radical (unpaired) electrons. The molecule has 0 spiro atoms. The maximum Gasteiger partial charge on any atom is 0.261 e. The maximum absolute atomic E-state index is 12.5. The molecule has 0 bridgehead atoms. The Bertz CT molecular complexity index is 623. The Balaban J connectivity index is 1.93. The van der Waals surface area contributed by atoms with Gasteiger partial charge in [0.1, 0.15) is 11.5 Å². The van der Waals surface area contributed by atoms with E-state index in [-0.39, 0.29) is 18.6 Å². The topological polar surface area (TPSA) is 38.8 Å². The van der Waals surface area contributed by atoms with E-state index in [1.54, 1.807) is 0 Å². The second-order valence-corrected chi connectivity index (χ2v) is 5.79. The molecule has 2 aromatic rings. The summed E-state index contributed by atoms with van der Waals surface area (Å²) in [5.41, 5.74) is 1.11. The lowest BCUT2D eigenvalue weighted by atomic mass is 10.2. The Morgan fingerprint density at radius 2 is 1.54 bits per heavy atom. The fourth-order valence-corrected chi connectivity index (χ4v) is 2.37. The van der Waals surface area contributed by atoms with Crippen LogP contribution in [0, 0.1) is 0 Å². The van der Waals surface area contributed by atoms with Crippen LogP contribution in [0.2, 0.25) is 0 Å². The molecule has 2 rings (SSSR count). The van der Waals surface area contributed by atoms with E-state index in [0.717, 1.165) is 11.3 Å². The molecule has 0 unspecified atom stereocenters. The highest BCUT2D eigenvalue weighted by Gasteiger charge is 2.17. The highest BCUT2D eigenvalue weighted by Crippen LogP contribution is 2.18. The Morgan fingerprint density at radius 3 is 2.08 bits per heavy atom. The van der Waals surface area contributed by atoms with Gasteiger partial charge in [-0.05, 0) is 50.6 Å². The molecule has 2 aromatic carbocycles. The quantitative estimate of drug-likeness (QED) is 0.738. The van der Waals surface area contributed by atoms with Crippen LogP contribution in [-0.4, -0.2) is 30.1 Å². The average molecular weight is 327 g/mol. The first-order chi connectivity index (χ1) is 11.6. The monoisotopic (exact) mass is 327 g/mol. The molecule has 0 fully saturated rings. The number of amides is 1. The van der Waals surface area contributed by atoms with Gasteiger partial charge in [0.2, 0.25) is 0 Å². The fraction of sp³-hybridized carbons (Fsp3) is 0.350. The smallest absolute Gasteiger partial charge is 0.261 e. The Kier molecular flexibility index (Phi) is 6.67. The Hall–Kier alpha value is -2.49. The van der Waals surface area contributed by atoms with Gasteiger partial charge in [-0.1, -0.05) is 30.3 Å². The third kappa shape index (κ3) is 5.30. The summed E-state index contributed by atoms with van der Waals surface area (Å²) in [6.07, 6.45) is 0. The lowest BCUT2D eigenvalue weighted by Crippen LogP contribution is -2.39. The van der Waals surface area contributed by atoms with Crippen molar-refractivity contribution in [2.75, 3.05) is 13.2 Å². The largest absolute Gasteiger partial charge is 0.494 e. The van der Waals surface area contributed by atoms with E-state index in [1.807, 2.05) is 80.3 Å². The first-order valence-corrected chi connectivity index (χ1v) is 8.29. The third-order valence-electron chi connectivity index (χ3n) is 3.64. The number of rotatable bonds is 8. The zero-order valence-electron chi connectivity index (χ0n) is 14.6. The van der Waals surface area contributed by atoms with Gasteiger partial charge in [0.15, 0.2) is 6.61 Å². The number of nitrogens with zero attached hydrogens (tertiary/aromatic N) is 1. The lowest BCUT2D eigenvalue weighted by molar-refractivity contribution is -0.135. The highest BCUT2D eigenvalue weighted by atomic mass is 16.5. The minimum Gasteiger partial charge on any atom is -0.494 e.